The molecule has 2 aromatic rings. The zero-order chi connectivity index (χ0) is 18.0. The lowest BCUT2D eigenvalue weighted by Crippen LogP contribution is -2.39. The molecular formula is C19H20N2O4. The smallest absolute Gasteiger partial charge is 0.265 e. The summed E-state index contributed by atoms with van der Waals surface area (Å²) < 4.78 is 10.9. The Morgan fingerprint density at radius 2 is 1.96 bits per heavy atom. The van der Waals surface area contributed by atoms with Crippen molar-refractivity contribution in [2.24, 2.45) is 5.73 Å². The Balaban J connectivity index is 1.81. The largest absolute Gasteiger partial charge is 0.493 e. The number of carbonyl (C=O) groups is 2. The van der Waals surface area contributed by atoms with Crippen molar-refractivity contribution < 1.29 is 19.1 Å². The van der Waals surface area contributed by atoms with Gasteiger partial charge in [0.15, 0.2) is 18.1 Å². The highest BCUT2D eigenvalue weighted by Gasteiger charge is 2.31. The number of rotatable bonds is 5. The highest BCUT2D eigenvalue weighted by molar-refractivity contribution is 5.98. The first-order valence-electron chi connectivity index (χ1n) is 8.02. The summed E-state index contributed by atoms with van der Waals surface area (Å²) in [6.07, 6.45) is 0.809. The van der Waals surface area contributed by atoms with Crippen molar-refractivity contribution in [1.82, 2.24) is 0 Å². The molecule has 1 atom stereocenters. The fraction of sp³-hybridized carbons (Fsp3) is 0.263. The summed E-state index contributed by atoms with van der Waals surface area (Å²) in [4.78, 5) is 26.0. The molecule has 2 N–H and O–H groups in total. The zero-order valence-corrected chi connectivity index (χ0v) is 14.2. The van der Waals surface area contributed by atoms with Gasteiger partial charge >= 0.3 is 0 Å². The molecule has 2 aromatic carbocycles. The summed E-state index contributed by atoms with van der Waals surface area (Å²) >= 11 is 0. The van der Waals surface area contributed by atoms with Crippen molar-refractivity contribution in [3.63, 3.8) is 0 Å². The third kappa shape index (κ3) is 3.15. The normalized spacial score (nSPS) is 15.6. The standard InChI is InChI=1S/C19H20N2O4/c1-12-10-13-6-3-4-8-15(13)21(12)17(22)11-25-18-14(19(20)23)7-5-9-16(18)24-2/h3-9,12H,10-11H2,1-2H3,(H2,20,23)/t12-/m1/s1. The molecule has 1 aliphatic rings. The molecule has 0 radical (unpaired) electrons. The van der Waals surface area contributed by atoms with Crippen LogP contribution in [0.15, 0.2) is 42.5 Å². The first kappa shape index (κ1) is 16.8. The van der Waals surface area contributed by atoms with E-state index in [-0.39, 0.29) is 29.9 Å². The van der Waals surface area contributed by atoms with Crippen molar-refractivity contribution >= 4 is 17.5 Å². The maximum atomic E-state index is 12.7. The summed E-state index contributed by atoms with van der Waals surface area (Å²) in [6.45, 7) is 1.79. The number of hydrogen-bond acceptors (Lipinski definition) is 4. The monoisotopic (exact) mass is 340 g/mol. The van der Waals surface area contributed by atoms with Gasteiger partial charge in [0.25, 0.3) is 11.8 Å². The van der Waals surface area contributed by atoms with Gasteiger partial charge in [-0.1, -0.05) is 24.3 Å². The topological polar surface area (TPSA) is 81.9 Å². The summed E-state index contributed by atoms with van der Waals surface area (Å²) in [5, 5.41) is 0. The molecule has 25 heavy (non-hydrogen) atoms. The predicted octanol–water partition coefficient (Wildman–Crippen LogP) is 2.15. The molecule has 0 fully saturated rings. The maximum absolute atomic E-state index is 12.7. The molecule has 0 aromatic heterocycles. The molecule has 3 rings (SSSR count). The van der Waals surface area contributed by atoms with Crippen LogP contribution in [0.1, 0.15) is 22.8 Å². The van der Waals surface area contributed by atoms with Gasteiger partial charge in [0.2, 0.25) is 0 Å². The second-order valence-electron chi connectivity index (χ2n) is 5.94. The molecule has 0 spiro atoms. The molecule has 0 unspecified atom stereocenters. The van der Waals surface area contributed by atoms with Gasteiger partial charge in [-0.05, 0) is 37.1 Å². The van der Waals surface area contributed by atoms with E-state index in [0.29, 0.717) is 5.75 Å². The molecular weight excluding hydrogens is 320 g/mol. The molecule has 6 heteroatoms. The molecule has 130 valence electrons. The van der Waals surface area contributed by atoms with Gasteiger partial charge in [0, 0.05) is 11.7 Å². The van der Waals surface area contributed by atoms with E-state index in [1.165, 1.54) is 7.11 Å². The van der Waals surface area contributed by atoms with E-state index < -0.39 is 5.91 Å². The number of methoxy groups -OCH3 is 1. The Bertz CT molecular complexity index is 819. The van der Waals surface area contributed by atoms with Crippen LogP contribution in [-0.4, -0.2) is 31.6 Å². The van der Waals surface area contributed by atoms with Crippen LogP contribution in [0.4, 0.5) is 5.69 Å². The van der Waals surface area contributed by atoms with Crippen LogP contribution >= 0.6 is 0 Å². The molecule has 6 nitrogen and oxygen atoms in total. The number of para-hydroxylation sites is 2. The van der Waals surface area contributed by atoms with Crippen molar-refractivity contribution in [2.75, 3.05) is 18.6 Å². The van der Waals surface area contributed by atoms with Crippen LogP contribution < -0.4 is 20.1 Å². The fourth-order valence-electron chi connectivity index (χ4n) is 3.17. The van der Waals surface area contributed by atoms with E-state index in [2.05, 4.69) is 0 Å². The van der Waals surface area contributed by atoms with Crippen LogP contribution in [0.2, 0.25) is 0 Å². The quantitative estimate of drug-likeness (QED) is 0.904. The SMILES string of the molecule is COc1cccc(C(N)=O)c1OCC(=O)N1c2ccccc2C[C@H]1C. The fourth-order valence-corrected chi connectivity index (χ4v) is 3.17. The van der Waals surface area contributed by atoms with E-state index in [0.717, 1.165) is 17.7 Å². The van der Waals surface area contributed by atoms with Gasteiger partial charge in [0.1, 0.15) is 0 Å². The zero-order valence-electron chi connectivity index (χ0n) is 14.2. The Hall–Kier alpha value is -3.02. The number of primary amides is 1. The third-order valence-electron chi connectivity index (χ3n) is 4.28. The molecule has 0 aliphatic carbocycles. The maximum Gasteiger partial charge on any atom is 0.265 e. The Kier molecular flexibility index (Phi) is 4.61. The first-order valence-corrected chi connectivity index (χ1v) is 8.02. The number of amides is 2. The average molecular weight is 340 g/mol. The number of anilines is 1. The van der Waals surface area contributed by atoms with E-state index in [4.69, 9.17) is 15.2 Å². The molecule has 1 heterocycles. The van der Waals surface area contributed by atoms with E-state index in [9.17, 15) is 9.59 Å². The van der Waals surface area contributed by atoms with Crippen LogP contribution in [0.25, 0.3) is 0 Å². The highest BCUT2D eigenvalue weighted by Crippen LogP contribution is 2.33. The first-order chi connectivity index (χ1) is 12.0. The van der Waals surface area contributed by atoms with Crippen molar-refractivity contribution in [1.29, 1.82) is 0 Å². The minimum atomic E-state index is -0.638. The molecule has 0 saturated heterocycles. The molecule has 2 amide bonds. The number of ether oxygens (including phenoxy) is 2. The van der Waals surface area contributed by atoms with Crippen molar-refractivity contribution in [3.05, 3.63) is 53.6 Å². The van der Waals surface area contributed by atoms with Gasteiger partial charge in [-0.2, -0.15) is 0 Å². The molecule has 0 saturated carbocycles. The number of fused-ring (bicyclic) bond motifs is 1. The second-order valence-corrected chi connectivity index (χ2v) is 5.94. The number of nitrogens with two attached hydrogens (primary N) is 1. The van der Waals surface area contributed by atoms with Crippen LogP contribution in [0, 0.1) is 0 Å². The van der Waals surface area contributed by atoms with Crippen LogP contribution in [0.5, 0.6) is 11.5 Å². The lowest BCUT2D eigenvalue weighted by Gasteiger charge is -2.23. The van der Waals surface area contributed by atoms with Crippen molar-refractivity contribution in [3.8, 4) is 11.5 Å². The minimum Gasteiger partial charge on any atom is -0.493 e. The average Bonchev–Trinajstić information content (AvgIpc) is 2.94. The number of nitrogens with zero attached hydrogens (tertiary/aromatic N) is 1. The van der Waals surface area contributed by atoms with Crippen LogP contribution in [-0.2, 0) is 11.2 Å². The molecule has 1 aliphatic heterocycles. The number of benzene rings is 2. The highest BCUT2D eigenvalue weighted by atomic mass is 16.5. The van der Waals surface area contributed by atoms with Crippen molar-refractivity contribution in [2.45, 2.75) is 19.4 Å². The Morgan fingerprint density at radius 3 is 2.68 bits per heavy atom. The van der Waals surface area contributed by atoms with E-state index in [1.54, 1.807) is 23.1 Å². The van der Waals surface area contributed by atoms with Gasteiger partial charge in [-0.3, -0.25) is 9.59 Å². The lowest BCUT2D eigenvalue weighted by atomic mass is 10.1. The van der Waals surface area contributed by atoms with Gasteiger partial charge in [-0.15, -0.1) is 0 Å². The van der Waals surface area contributed by atoms with E-state index in [1.807, 2.05) is 31.2 Å². The summed E-state index contributed by atoms with van der Waals surface area (Å²) in [5.41, 5.74) is 7.60. The van der Waals surface area contributed by atoms with E-state index >= 15 is 0 Å². The third-order valence-corrected chi connectivity index (χ3v) is 4.28. The summed E-state index contributed by atoms with van der Waals surface area (Å²) in [5.74, 6) is -0.273. The second kappa shape index (κ2) is 6.84. The molecule has 0 bridgehead atoms. The number of carbonyl (C=O) groups excluding carboxylic acids is 2. The Labute approximate surface area is 146 Å². The lowest BCUT2D eigenvalue weighted by molar-refractivity contribution is -0.120. The van der Waals surface area contributed by atoms with Gasteiger partial charge in [-0.25, -0.2) is 0 Å². The van der Waals surface area contributed by atoms with Gasteiger partial charge in [0.05, 0.1) is 12.7 Å². The van der Waals surface area contributed by atoms with Crippen LogP contribution in [0.3, 0.4) is 0 Å². The predicted molar refractivity (Wildman–Crippen MR) is 94.1 cm³/mol. The summed E-state index contributed by atoms with van der Waals surface area (Å²) in [7, 11) is 1.47. The summed E-state index contributed by atoms with van der Waals surface area (Å²) in [6, 6.07) is 12.7. The van der Waals surface area contributed by atoms with Gasteiger partial charge < -0.3 is 20.1 Å². The number of hydrogen-bond donors (Lipinski definition) is 1. The minimum absolute atomic E-state index is 0.0572. The Morgan fingerprint density at radius 1 is 1.20 bits per heavy atom.